The van der Waals surface area contributed by atoms with Crippen molar-refractivity contribution in [1.82, 2.24) is 5.32 Å². The third-order valence-corrected chi connectivity index (χ3v) is 4.46. The highest BCUT2D eigenvalue weighted by molar-refractivity contribution is 5.22. The zero-order chi connectivity index (χ0) is 17.4. The zero-order valence-corrected chi connectivity index (χ0v) is 15.6. The van der Waals surface area contributed by atoms with Crippen molar-refractivity contribution in [3.63, 3.8) is 0 Å². The molecule has 1 aliphatic rings. The molecular formula is C22H33NO. The van der Waals surface area contributed by atoms with Gasteiger partial charge in [-0.25, -0.2) is 0 Å². The number of ether oxygens (including phenoxy) is 1. The van der Waals surface area contributed by atoms with Gasteiger partial charge in [0.05, 0.1) is 18.2 Å². The van der Waals surface area contributed by atoms with Crippen molar-refractivity contribution in [2.45, 2.75) is 70.6 Å². The van der Waals surface area contributed by atoms with Gasteiger partial charge < -0.3 is 10.1 Å². The Hall–Kier alpha value is -1.38. The minimum Gasteiger partial charge on any atom is -0.374 e. The fourth-order valence-corrected chi connectivity index (χ4v) is 3.17. The molecule has 2 atom stereocenters. The van der Waals surface area contributed by atoms with Gasteiger partial charge in [0.1, 0.15) is 0 Å². The molecule has 0 fully saturated rings. The summed E-state index contributed by atoms with van der Waals surface area (Å²) in [6.45, 7) is 11.0. The fraction of sp³-hybridized carbons (Fsp3) is 0.545. The van der Waals surface area contributed by atoms with Crippen LogP contribution in [0.15, 0.2) is 54.6 Å². The molecule has 1 N–H and O–H groups in total. The van der Waals surface area contributed by atoms with E-state index in [-0.39, 0.29) is 11.6 Å². The van der Waals surface area contributed by atoms with Crippen LogP contribution in [0.2, 0.25) is 0 Å². The molecular weight excluding hydrogens is 294 g/mol. The molecule has 24 heavy (non-hydrogen) atoms. The van der Waals surface area contributed by atoms with Crippen LogP contribution < -0.4 is 5.32 Å². The Kier molecular flexibility index (Phi) is 7.26. The summed E-state index contributed by atoms with van der Waals surface area (Å²) in [5.41, 5.74) is 2.69. The molecule has 2 rings (SSSR count). The van der Waals surface area contributed by atoms with Gasteiger partial charge in [-0.2, -0.15) is 0 Å². The topological polar surface area (TPSA) is 21.3 Å². The van der Waals surface area contributed by atoms with Crippen molar-refractivity contribution in [2.75, 3.05) is 6.61 Å². The van der Waals surface area contributed by atoms with Crippen molar-refractivity contribution < 1.29 is 4.74 Å². The second-order valence-electron chi connectivity index (χ2n) is 7.66. The highest BCUT2D eigenvalue weighted by Gasteiger charge is 2.22. The highest BCUT2D eigenvalue weighted by Crippen LogP contribution is 2.25. The molecule has 0 aliphatic heterocycles. The summed E-state index contributed by atoms with van der Waals surface area (Å²) >= 11 is 0. The Morgan fingerprint density at radius 2 is 1.92 bits per heavy atom. The summed E-state index contributed by atoms with van der Waals surface area (Å²) in [5.74, 6) is 0. The number of benzene rings is 1. The molecule has 132 valence electrons. The molecule has 0 saturated carbocycles. The molecule has 0 amide bonds. The average Bonchev–Trinajstić information content (AvgIpc) is 2.58. The fourth-order valence-electron chi connectivity index (χ4n) is 3.17. The van der Waals surface area contributed by atoms with Crippen LogP contribution in [0, 0.1) is 0 Å². The molecule has 0 aromatic heterocycles. The van der Waals surface area contributed by atoms with E-state index >= 15 is 0 Å². The van der Waals surface area contributed by atoms with Crippen molar-refractivity contribution >= 4 is 0 Å². The molecule has 1 aromatic rings. The predicted molar refractivity (Wildman–Crippen MR) is 103 cm³/mol. The van der Waals surface area contributed by atoms with E-state index in [4.69, 9.17) is 4.74 Å². The SMILES string of the molecule is C=CC[C@H](NC(COC(C)(C)C)c1ccccc1)C1=CCCCC1. The second kappa shape index (κ2) is 9.19. The highest BCUT2D eigenvalue weighted by atomic mass is 16.5. The maximum atomic E-state index is 6.10. The second-order valence-corrected chi connectivity index (χ2v) is 7.66. The van der Waals surface area contributed by atoms with Crippen molar-refractivity contribution in [3.05, 3.63) is 60.2 Å². The molecule has 2 heteroatoms. The zero-order valence-electron chi connectivity index (χ0n) is 15.6. The summed E-state index contributed by atoms with van der Waals surface area (Å²) in [6, 6.07) is 11.2. The number of hydrogen-bond acceptors (Lipinski definition) is 2. The Morgan fingerprint density at radius 3 is 2.50 bits per heavy atom. The van der Waals surface area contributed by atoms with Crippen LogP contribution >= 0.6 is 0 Å². The molecule has 1 aliphatic carbocycles. The van der Waals surface area contributed by atoms with E-state index < -0.39 is 0 Å². The van der Waals surface area contributed by atoms with Crippen LogP contribution in [0.25, 0.3) is 0 Å². The number of rotatable bonds is 8. The smallest absolute Gasteiger partial charge is 0.0668 e. The number of hydrogen-bond donors (Lipinski definition) is 1. The maximum absolute atomic E-state index is 6.10. The van der Waals surface area contributed by atoms with Gasteiger partial charge in [0, 0.05) is 6.04 Å². The summed E-state index contributed by atoms with van der Waals surface area (Å²) in [6.07, 6.45) is 10.4. The van der Waals surface area contributed by atoms with Crippen LogP contribution in [-0.2, 0) is 4.74 Å². The van der Waals surface area contributed by atoms with Crippen LogP contribution in [0.4, 0.5) is 0 Å². The molecule has 1 aromatic carbocycles. The maximum Gasteiger partial charge on any atom is 0.0668 e. The summed E-state index contributed by atoms with van der Waals surface area (Å²) in [7, 11) is 0. The lowest BCUT2D eigenvalue weighted by Crippen LogP contribution is -2.38. The van der Waals surface area contributed by atoms with Gasteiger partial charge in [-0.15, -0.1) is 6.58 Å². The molecule has 0 heterocycles. The predicted octanol–water partition coefficient (Wildman–Crippen LogP) is 5.58. The van der Waals surface area contributed by atoms with E-state index in [9.17, 15) is 0 Å². The van der Waals surface area contributed by atoms with Gasteiger partial charge in [0.25, 0.3) is 0 Å². The normalized spacial score (nSPS) is 17.9. The quantitative estimate of drug-likeness (QED) is 0.630. The molecule has 0 radical (unpaired) electrons. The van der Waals surface area contributed by atoms with Crippen LogP contribution in [0.3, 0.4) is 0 Å². The lowest BCUT2D eigenvalue weighted by molar-refractivity contribution is -0.0158. The molecule has 1 unspecified atom stereocenters. The number of nitrogens with one attached hydrogen (secondary N) is 1. The van der Waals surface area contributed by atoms with E-state index in [1.165, 1.54) is 36.8 Å². The van der Waals surface area contributed by atoms with Gasteiger partial charge in [-0.05, 0) is 58.4 Å². The minimum absolute atomic E-state index is 0.132. The first-order valence-electron chi connectivity index (χ1n) is 9.24. The Labute approximate surface area is 148 Å². The standard InChI is InChI=1S/C22H33NO/c1-5-12-20(18-13-8-6-9-14-18)23-21(17-24-22(2,3)4)19-15-10-7-11-16-19/h5,7,10-11,13,15-16,20-21,23H,1,6,8-9,12,14,17H2,2-4H3/t20-,21?/m0/s1. The van der Waals surface area contributed by atoms with E-state index in [2.05, 4.69) is 69.1 Å². The van der Waals surface area contributed by atoms with Crippen LogP contribution in [0.5, 0.6) is 0 Å². The lowest BCUT2D eigenvalue weighted by Gasteiger charge is -2.31. The first kappa shape index (κ1) is 19.0. The van der Waals surface area contributed by atoms with Crippen LogP contribution in [0.1, 0.15) is 64.5 Å². The van der Waals surface area contributed by atoms with E-state index in [1.807, 2.05) is 6.08 Å². The van der Waals surface area contributed by atoms with E-state index in [0.717, 1.165) is 6.42 Å². The van der Waals surface area contributed by atoms with E-state index in [1.54, 1.807) is 0 Å². The largest absolute Gasteiger partial charge is 0.374 e. The van der Waals surface area contributed by atoms with Gasteiger partial charge in [-0.1, -0.05) is 48.1 Å². The minimum atomic E-state index is -0.132. The monoisotopic (exact) mass is 327 g/mol. The van der Waals surface area contributed by atoms with Crippen molar-refractivity contribution in [1.29, 1.82) is 0 Å². The third-order valence-electron chi connectivity index (χ3n) is 4.46. The van der Waals surface area contributed by atoms with Crippen LogP contribution in [-0.4, -0.2) is 18.2 Å². The van der Waals surface area contributed by atoms with Gasteiger partial charge in [0.2, 0.25) is 0 Å². The summed E-state index contributed by atoms with van der Waals surface area (Å²) in [4.78, 5) is 0. The van der Waals surface area contributed by atoms with Gasteiger partial charge >= 0.3 is 0 Å². The first-order chi connectivity index (χ1) is 11.5. The third kappa shape index (κ3) is 6.26. The molecule has 0 spiro atoms. The summed E-state index contributed by atoms with van der Waals surface area (Å²) in [5, 5.41) is 3.85. The van der Waals surface area contributed by atoms with Crippen molar-refractivity contribution in [3.8, 4) is 0 Å². The Bertz CT molecular complexity index is 527. The molecule has 0 bridgehead atoms. The molecule has 2 nitrogen and oxygen atoms in total. The first-order valence-corrected chi connectivity index (χ1v) is 9.24. The van der Waals surface area contributed by atoms with Gasteiger partial charge in [0.15, 0.2) is 0 Å². The number of allylic oxidation sites excluding steroid dienone is 1. The Balaban J connectivity index is 2.14. The van der Waals surface area contributed by atoms with Crippen molar-refractivity contribution in [2.24, 2.45) is 0 Å². The Morgan fingerprint density at radius 1 is 1.17 bits per heavy atom. The molecule has 0 saturated heterocycles. The average molecular weight is 328 g/mol. The summed E-state index contributed by atoms with van der Waals surface area (Å²) < 4.78 is 6.10. The van der Waals surface area contributed by atoms with E-state index in [0.29, 0.717) is 12.6 Å². The van der Waals surface area contributed by atoms with Gasteiger partial charge in [-0.3, -0.25) is 0 Å². The lowest BCUT2D eigenvalue weighted by atomic mass is 9.91.